The highest BCUT2D eigenvalue weighted by atomic mass is 19.3. The Morgan fingerprint density at radius 1 is 1.47 bits per heavy atom. The average Bonchev–Trinajstić information content (AvgIpc) is 2.16. The van der Waals surface area contributed by atoms with Crippen LogP contribution in [0, 0.1) is 0 Å². The van der Waals surface area contributed by atoms with E-state index in [1.54, 1.807) is 0 Å². The van der Waals surface area contributed by atoms with Crippen molar-refractivity contribution in [1.82, 2.24) is 0 Å². The van der Waals surface area contributed by atoms with Gasteiger partial charge < -0.3 is 14.6 Å². The monoisotopic (exact) mass is 226 g/mol. The second-order valence-corrected chi connectivity index (χ2v) is 2.67. The smallest absolute Gasteiger partial charge is 0.376 e. The van der Waals surface area contributed by atoms with E-state index in [9.17, 15) is 18.4 Å². The lowest BCUT2D eigenvalue weighted by molar-refractivity contribution is -0.177. The summed E-state index contributed by atoms with van der Waals surface area (Å²) >= 11 is 0. The van der Waals surface area contributed by atoms with Gasteiger partial charge in [-0.25, -0.2) is 9.59 Å². The zero-order valence-electron chi connectivity index (χ0n) is 8.33. The third kappa shape index (κ3) is 4.20. The molecule has 0 aromatic rings. The number of hydrogen-bond donors (Lipinski definition) is 1. The summed E-state index contributed by atoms with van der Waals surface area (Å²) in [5, 5.41) is 8.97. The molecule has 7 heteroatoms. The van der Waals surface area contributed by atoms with E-state index in [0.717, 1.165) is 7.11 Å². The van der Waals surface area contributed by atoms with Gasteiger partial charge in [0, 0.05) is 0 Å². The van der Waals surface area contributed by atoms with Crippen LogP contribution in [0.1, 0.15) is 13.3 Å². The summed E-state index contributed by atoms with van der Waals surface area (Å²) in [6, 6.07) is 0. The molecular formula is C8H12F2O5. The van der Waals surface area contributed by atoms with Gasteiger partial charge in [-0.15, -0.1) is 0 Å². The number of aliphatic hydroxyl groups is 1. The minimum atomic E-state index is -3.90. The minimum absolute atomic E-state index is 0.0420. The van der Waals surface area contributed by atoms with Crippen molar-refractivity contribution in [3.05, 3.63) is 0 Å². The van der Waals surface area contributed by atoms with E-state index in [4.69, 9.17) is 5.11 Å². The van der Waals surface area contributed by atoms with Gasteiger partial charge in [0.2, 0.25) is 0 Å². The molecule has 0 radical (unpaired) electrons. The fourth-order valence-corrected chi connectivity index (χ4v) is 0.797. The molecule has 0 aliphatic heterocycles. The van der Waals surface area contributed by atoms with Gasteiger partial charge in [0.1, 0.15) is 0 Å². The third-order valence-corrected chi connectivity index (χ3v) is 1.49. The molecule has 1 unspecified atom stereocenters. The predicted molar refractivity (Wildman–Crippen MR) is 44.2 cm³/mol. The number of alkyl halides is 2. The Morgan fingerprint density at radius 2 is 2.00 bits per heavy atom. The molecule has 1 N–H and O–H groups in total. The van der Waals surface area contributed by atoms with Gasteiger partial charge in [-0.3, -0.25) is 0 Å². The van der Waals surface area contributed by atoms with Crippen molar-refractivity contribution in [3.8, 4) is 0 Å². The second-order valence-electron chi connectivity index (χ2n) is 2.67. The van der Waals surface area contributed by atoms with Crippen molar-refractivity contribution >= 4 is 11.9 Å². The molecule has 0 rings (SSSR count). The van der Waals surface area contributed by atoms with Gasteiger partial charge in [-0.05, 0) is 6.92 Å². The molecule has 15 heavy (non-hydrogen) atoms. The van der Waals surface area contributed by atoms with Crippen LogP contribution in [0.5, 0.6) is 0 Å². The van der Waals surface area contributed by atoms with Crippen LogP contribution in [0.4, 0.5) is 8.78 Å². The second kappa shape index (κ2) is 5.59. The SMILES string of the molecule is CCOC(=O)C(O)CC(F)(F)C(=O)OC. The van der Waals surface area contributed by atoms with E-state index in [1.807, 2.05) is 0 Å². The Labute approximate surface area is 85.0 Å². The first-order valence-corrected chi connectivity index (χ1v) is 4.16. The zero-order valence-corrected chi connectivity index (χ0v) is 8.33. The highest BCUT2D eigenvalue weighted by molar-refractivity contribution is 5.80. The fraction of sp³-hybridized carbons (Fsp3) is 0.750. The first-order chi connectivity index (χ1) is 6.85. The van der Waals surface area contributed by atoms with E-state index in [-0.39, 0.29) is 6.61 Å². The molecule has 0 saturated carbocycles. The van der Waals surface area contributed by atoms with Crippen molar-refractivity contribution in [3.63, 3.8) is 0 Å². The minimum Gasteiger partial charge on any atom is -0.465 e. The summed E-state index contributed by atoms with van der Waals surface area (Å²) < 4.78 is 33.7. The van der Waals surface area contributed by atoms with Crippen molar-refractivity contribution < 1.29 is 33.0 Å². The molecule has 0 aromatic carbocycles. The van der Waals surface area contributed by atoms with Crippen molar-refractivity contribution in [2.24, 2.45) is 0 Å². The van der Waals surface area contributed by atoms with Crippen LogP contribution in [0.25, 0.3) is 0 Å². The standard InChI is InChI=1S/C8H12F2O5/c1-3-15-6(12)5(11)4-8(9,10)7(13)14-2/h5,11H,3-4H2,1-2H3. The molecule has 0 spiro atoms. The maximum absolute atomic E-state index is 12.8. The summed E-state index contributed by atoms with van der Waals surface area (Å²) in [6.45, 7) is 1.42. The van der Waals surface area contributed by atoms with Gasteiger partial charge in [-0.1, -0.05) is 0 Å². The molecule has 1 atom stereocenters. The van der Waals surface area contributed by atoms with Crippen LogP contribution in [0.2, 0.25) is 0 Å². The first-order valence-electron chi connectivity index (χ1n) is 4.16. The number of carbonyl (C=O) groups excluding carboxylic acids is 2. The normalized spacial score (nSPS) is 13.1. The average molecular weight is 226 g/mol. The lowest BCUT2D eigenvalue weighted by atomic mass is 10.1. The van der Waals surface area contributed by atoms with Crippen molar-refractivity contribution in [2.75, 3.05) is 13.7 Å². The van der Waals surface area contributed by atoms with Crippen LogP contribution in [-0.2, 0) is 19.1 Å². The predicted octanol–water partition coefficient (Wildman–Crippen LogP) is 0.109. The van der Waals surface area contributed by atoms with Crippen LogP contribution in [0.15, 0.2) is 0 Å². The molecule has 5 nitrogen and oxygen atoms in total. The molecule has 0 aromatic heterocycles. The van der Waals surface area contributed by atoms with Crippen LogP contribution < -0.4 is 0 Å². The quantitative estimate of drug-likeness (QED) is 0.673. The maximum Gasteiger partial charge on any atom is 0.376 e. The first kappa shape index (κ1) is 13.8. The van der Waals surface area contributed by atoms with E-state index in [0.29, 0.717) is 0 Å². The number of rotatable bonds is 5. The number of halogens is 2. The van der Waals surface area contributed by atoms with Gasteiger partial charge in [0.15, 0.2) is 6.10 Å². The Bertz CT molecular complexity index is 241. The van der Waals surface area contributed by atoms with Crippen LogP contribution in [0.3, 0.4) is 0 Å². The Morgan fingerprint density at radius 3 is 2.40 bits per heavy atom. The molecule has 0 saturated heterocycles. The van der Waals surface area contributed by atoms with Gasteiger partial charge >= 0.3 is 17.9 Å². The molecule has 0 aliphatic carbocycles. The summed E-state index contributed by atoms with van der Waals surface area (Å²) in [5.74, 6) is -6.90. The van der Waals surface area contributed by atoms with Crippen LogP contribution >= 0.6 is 0 Å². The molecule has 0 fully saturated rings. The van der Waals surface area contributed by atoms with Crippen molar-refractivity contribution in [2.45, 2.75) is 25.4 Å². The molecule has 0 bridgehead atoms. The lowest BCUT2D eigenvalue weighted by Crippen LogP contribution is -2.37. The highest BCUT2D eigenvalue weighted by Gasteiger charge is 2.44. The Hall–Kier alpha value is -1.24. The van der Waals surface area contributed by atoms with Crippen molar-refractivity contribution in [1.29, 1.82) is 0 Å². The molecule has 0 amide bonds. The van der Waals surface area contributed by atoms with E-state index in [2.05, 4.69) is 9.47 Å². The van der Waals surface area contributed by atoms with E-state index in [1.165, 1.54) is 6.92 Å². The highest BCUT2D eigenvalue weighted by Crippen LogP contribution is 2.22. The molecule has 0 aliphatic rings. The summed E-state index contributed by atoms with van der Waals surface area (Å²) in [4.78, 5) is 21.3. The number of methoxy groups -OCH3 is 1. The third-order valence-electron chi connectivity index (χ3n) is 1.49. The largest absolute Gasteiger partial charge is 0.465 e. The number of ether oxygens (including phenoxy) is 2. The fourth-order valence-electron chi connectivity index (χ4n) is 0.797. The lowest BCUT2D eigenvalue weighted by Gasteiger charge is -2.16. The van der Waals surface area contributed by atoms with E-state index >= 15 is 0 Å². The number of hydrogen-bond acceptors (Lipinski definition) is 5. The Kier molecular flexibility index (Phi) is 5.13. The molecule has 88 valence electrons. The van der Waals surface area contributed by atoms with Gasteiger partial charge in [0.25, 0.3) is 0 Å². The summed E-state index contributed by atoms with van der Waals surface area (Å²) in [6.07, 6.45) is -3.39. The maximum atomic E-state index is 12.8. The summed E-state index contributed by atoms with van der Waals surface area (Å²) in [7, 11) is 0.785. The zero-order chi connectivity index (χ0) is 12.1. The number of esters is 2. The number of aliphatic hydroxyl groups excluding tert-OH is 1. The Balaban J connectivity index is 4.32. The van der Waals surface area contributed by atoms with E-state index < -0.39 is 30.4 Å². The molecular weight excluding hydrogens is 214 g/mol. The van der Waals surface area contributed by atoms with Crippen LogP contribution in [-0.4, -0.2) is 42.8 Å². The number of carbonyl (C=O) groups is 2. The van der Waals surface area contributed by atoms with Gasteiger partial charge in [-0.2, -0.15) is 8.78 Å². The van der Waals surface area contributed by atoms with Gasteiger partial charge in [0.05, 0.1) is 20.1 Å². The topological polar surface area (TPSA) is 72.8 Å². The summed E-state index contributed by atoms with van der Waals surface area (Å²) in [5.41, 5.74) is 0. The molecule has 0 heterocycles.